The number of halogens is 4. The summed E-state index contributed by atoms with van der Waals surface area (Å²) in [7, 11) is 1.76. The van der Waals surface area contributed by atoms with E-state index in [1.165, 1.54) is 0 Å². The number of para-hydroxylation sites is 1. The van der Waals surface area contributed by atoms with Crippen molar-refractivity contribution < 1.29 is 0 Å². The van der Waals surface area contributed by atoms with Gasteiger partial charge in [-0.3, -0.25) is 0 Å². The monoisotopic (exact) mass is 282 g/mol. The summed E-state index contributed by atoms with van der Waals surface area (Å²) >= 11 is 23.4. The number of aryl methyl sites for hydroxylation is 1. The molecular formula is C9H6Cl4N2. The predicted molar refractivity (Wildman–Crippen MR) is 65.0 cm³/mol. The minimum atomic E-state index is -1.54. The maximum atomic E-state index is 6.04. The third kappa shape index (κ3) is 1.92. The van der Waals surface area contributed by atoms with Crippen LogP contribution in [0.15, 0.2) is 18.2 Å². The first-order chi connectivity index (χ1) is 6.91. The highest BCUT2D eigenvalue weighted by molar-refractivity contribution is 6.66. The van der Waals surface area contributed by atoms with Crippen molar-refractivity contribution in [3.8, 4) is 0 Å². The molecule has 1 heterocycles. The second-order valence-corrected chi connectivity index (χ2v) is 5.79. The molecule has 0 spiro atoms. The highest BCUT2D eigenvalue weighted by Crippen LogP contribution is 2.39. The quantitative estimate of drug-likeness (QED) is 0.667. The summed E-state index contributed by atoms with van der Waals surface area (Å²) in [5.74, 6) is 0.357. The summed E-state index contributed by atoms with van der Waals surface area (Å²) in [5, 5.41) is 0.586. The van der Waals surface area contributed by atoms with E-state index in [-0.39, 0.29) is 0 Å². The smallest absolute Gasteiger partial charge is 0.248 e. The number of fused-ring (bicyclic) bond motifs is 1. The molecule has 0 amide bonds. The van der Waals surface area contributed by atoms with Gasteiger partial charge in [-0.1, -0.05) is 52.5 Å². The molecule has 0 unspecified atom stereocenters. The van der Waals surface area contributed by atoms with Crippen molar-refractivity contribution in [2.24, 2.45) is 7.05 Å². The van der Waals surface area contributed by atoms with E-state index in [1.807, 2.05) is 6.07 Å². The topological polar surface area (TPSA) is 17.8 Å². The van der Waals surface area contributed by atoms with Gasteiger partial charge in [-0.2, -0.15) is 0 Å². The normalized spacial score (nSPS) is 12.3. The van der Waals surface area contributed by atoms with Crippen molar-refractivity contribution in [3.63, 3.8) is 0 Å². The van der Waals surface area contributed by atoms with E-state index in [0.29, 0.717) is 16.4 Å². The Morgan fingerprint density at radius 3 is 2.47 bits per heavy atom. The fraction of sp³-hybridized carbons (Fsp3) is 0.222. The maximum absolute atomic E-state index is 6.04. The molecule has 0 saturated heterocycles. The van der Waals surface area contributed by atoms with E-state index in [9.17, 15) is 0 Å². The van der Waals surface area contributed by atoms with Crippen LogP contribution in [0.4, 0.5) is 0 Å². The number of nitrogens with zero attached hydrogens (tertiary/aromatic N) is 2. The number of benzene rings is 1. The molecule has 2 aromatic rings. The van der Waals surface area contributed by atoms with Gasteiger partial charge >= 0.3 is 0 Å². The third-order valence-corrected chi connectivity index (χ3v) is 2.91. The Bertz CT molecular complexity index is 513. The second kappa shape index (κ2) is 3.70. The lowest BCUT2D eigenvalue weighted by atomic mass is 10.3. The fourth-order valence-electron chi connectivity index (χ4n) is 1.47. The first kappa shape index (κ1) is 11.3. The predicted octanol–water partition coefficient (Wildman–Crippen LogP) is 4.05. The number of imidazole rings is 1. The molecule has 6 heteroatoms. The van der Waals surface area contributed by atoms with Crippen molar-refractivity contribution in [2.45, 2.75) is 3.79 Å². The molecule has 0 aliphatic rings. The van der Waals surface area contributed by atoms with E-state index in [4.69, 9.17) is 46.4 Å². The molecule has 1 aromatic carbocycles. The van der Waals surface area contributed by atoms with E-state index < -0.39 is 3.79 Å². The molecule has 0 aliphatic heterocycles. The minimum Gasteiger partial charge on any atom is -0.326 e. The SMILES string of the molecule is Cn1c(C(Cl)(Cl)Cl)nc2cccc(Cl)c21. The molecule has 15 heavy (non-hydrogen) atoms. The number of aromatic nitrogens is 2. The van der Waals surface area contributed by atoms with Crippen LogP contribution in [-0.2, 0) is 10.8 Å². The van der Waals surface area contributed by atoms with Gasteiger partial charge in [0.1, 0.15) is 0 Å². The highest BCUT2D eigenvalue weighted by Gasteiger charge is 2.29. The van der Waals surface area contributed by atoms with Gasteiger partial charge in [0, 0.05) is 7.05 Å². The van der Waals surface area contributed by atoms with Gasteiger partial charge in [0.15, 0.2) is 5.82 Å². The Morgan fingerprint density at radius 2 is 1.93 bits per heavy atom. The van der Waals surface area contributed by atoms with Crippen molar-refractivity contribution in [1.82, 2.24) is 9.55 Å². The summed E-state index contributed by atoms with van der Waals surface area (Å²) in [5.41, 5.74) is 1.48. The molecule has 0 saturated carbocycles. The molecular weight excluding hydrogens is 278 g/mol. The summed E-state index contributed by atoms with van der Waals surface area (Å²) in [4.78, 5) is 4.23. The number of alkyl halides is 3. The van der Waals surface area contributed by atoms with E-state index in [1.54, 1.807) is 23.7 Å². The second-order valence-electron chi connectivity index (χ2n) is 3.10. The molecule has 2 nitrogen and oxygen atoms in total. The molecule has 0 N–H and O–H groups in total. The van der Waals surface area contributed by atoms with Crippen molar-refractivity contribution in [3.05, 3.63) is 29.0 Å². The minimum absolute atomic E-state index is 0.357. The lowest BCUT2D eigenvalue weighted by molar-refractivity contribution is 0.842. The first-order valence-electron chi connectivity index (χ1n) is 4.09. The molecule has 0 fully saturated rings. The van der Waals surface area contributed by atoms with Crippen molar-refractivity contribution >= 4 is 57.4 Å². The van der Waals surface area contributed by atoms with Gasteiger partial charge < -0.3 is 4.57 Å². The van der Waals surface area contributed by atoms with E-state index >= 15 is 0 Å². The Kier molecular flexibility index (Phi) is 2.80. The van der Waals surface area contributed by atoms with Crippen LogP contribution in [0.25, 0.3) is 11.0 Å². The number of rotatable bonds is 0. The van der Waals surface area contributed by atoms with Crippen LogP contribution < -0.4 is 0 Å². The fourth-order valence-corrected chi connectivity index (χ4v) is 2.28. The first-order valence-corrected chi connectivity index (χ1v) is 5.60. The van der Waals surface area contributed by atoms with Gasteiger partial charge in [-0.25, -0.2) is 4.98 Å². The van der Waals surface area contributed by atoms with Crippen LogP contribution in [0.5, 0.6) is 0 Å². The molecule has 0 atom stereocenters. The lowest BCUT2D eigenvalue weighted by Crippen LogP contribution is -2.08. The molecule has 80 valence electrons. The third-order valence-electron chi connectivity index (χ3n) is 2.10. The summed E-state index contributed by atoms with van der Waals surface area (Å²) < 4.78 is 0.141. The van der Waals surface area contributed by atoms with Gasteiger partial charge in [0.2, 0.25) is 3.79 Å². The largest absolute Gasteiger partial charge is 0.326 e. The van der Waals surface area contributed by atoms with Gasteiger partial charge in [-0.05, 0) is 12.1 Å². The van der Waals surface area contributed by atoms with Crippen LogP contribution in [-0.4, -0.2) is 9.55 Å². The number of hydrogen-bond donors (Lipinski definition) is 0. The van der Waals surface area contributed by atoms with Gasteiger partial charge in [-0.15, -0.1) is 0 Å². The van der Waals surface area contributed by atoms with Crippen molar-refractivity contribution in [1.29, 1.82) is 0 Å². The average Bonchev–Trinajstić information content (AvgIpc) is 2.44. The van der Waals surface area contributed by atoms with Crippen LogP contribution in [0.2, 0.25) is 5.02 Å². The Balaban J connectivity index is 2.82. The molecule has 0 aliphatic carbocycles. The molecule has 1 aromatic heterocycles. The Labute approximate surface area is 107 Å². The summed E-state index contributed by atoms with van der Waals surface area (Å²) in [6, 6.07) is 5.40. The lowest BCUT2D eigenvalue weighted by Gasteiger charge is -2.10. The molecule has 0 bridgehead atoms. The molecule has 0 radical (unpaired) electrons. The van der Waals surface area contributed by atoms with E-state index in [2.05, 4.69) is 4.98 Å². The Morgan fingerprint density at radius 1 is 1.27 bits per heavy atom. The van der Waals surface area contributed by atoms with Gasteiger partial charge in [0.25, 0.3) is 0 Å². The van der Waals surface area contributed by atoms with Crippen LogP contribution in [0.1, 0.15) is 5.82 Å². The highest BCUT2D eigenvalue weighted by atomic mass is 35.6. The zero-order chi connectivity index (χ0) is 11.2. The van der Waals surface area contributed by atoms with Crippen LogP contribution in [0, 0.1) is 0 Å². The standard InChI is InChI=1S/C9H6Cl4N2/c1-15-7-5(10)3-2-4-6(7)14-8(15)9(11,12)13/h2-4H,1H3. The zero-order valence-electron chi connectivity index (χ0n) is 7.64. The summed E-state index contributed by atoms with van der Waals surface area (Å²) in [6.45, 7) is 0. The average molecular weight is 284 g/mol. The van der Waals surface area contributed by atoms with Crippen molar-refractivity contribution in [2.75, 3.05) is 0 Å². The molecule has 2 rings (SSSR count). The summed E-state index contributed by atoms with van der Waals surface area (Å²) in [6.07, 6.45) is 0. The maximum Gasteiger partial charge on any atom is 0.248 e. The Hall–Kier alpha value is -0.150. The number of hydrogen-bond acceptors (Lipinski definition) is 1. The van der Waals surface area contributed by atoms with E-state index in [0.717, 1.165) is 5.52 Å². The van der Waals surface area contributed by atoms with Crippen LogP contribution >= 0.6 is 46.4 Å². The van der Waals surface area contributed by atoms with Crippen LogP contribution in [0.3, 0.4) is 0 Å². The zero-order valence-corrected chi connectivity index (χ0v) is 10.7. The van der Waals surface area contributed by atoms with Gasteiger partial charge in [0.05, 0.1) is 16.1 Å².